The monoisotopic (exact) mass is 291 g/mol. The Bertz CT molecular complexity index is 550. The lowest BCUT2D eigenvalue weighted by Gasteiger charge is -2.39. The van der Waals surface area contributed by atoms with Crippen LogP contribution in [-0.4, -0.2) is 39.8 Å². The van der Waals surface area contributed by atoms with E-state index < -0.39 is 0 Å². The van der Waals surface area contributed by atoms with Gasteiger partial charge in [0.2, 0.25) is 11.7 Å². The Balaban J connectivity index is 1.59. The Kier molecular flexibility index (Phi) is 4.07. The molecule has 0 atom stereocenters. The van der Waals surface area contributed by atoms with Gasteiger partial charge in [-0.3, -0.25) is 4.90 Å². The van der Waals surface area contributed by atoms with Crippen LogP contribution in [0, 0.1) is 5.41 Å². The van der Waals surface area contributed by atoms with E-state index in [0.717, 1.165) is 32.4 Å². The van der Waals surface area contributed by atoms with Crippen LogP contribution in [0.15, 0.2) is 27.3 Å². The maximum Gasteiger partial charge on any atom is 0.241 e. The molecule has 0 aliphatic carbocycles. The van der Waals surface area contributed by atoms with E-state index in [1.807, 2.05) is 6.07 Å². The molecule has 0 spiro atoms. The van der Waals surface area contributed by atoms with Crippen molar-refractivity contribution in [1.29, 1.82) is 0 Å². The lowest BCUT2D eigenvalue weighted by atomic mass is 9.77. The molecule has 0 unspecified atom stereocenters. The molecular formula is C15H21N3O3. The van der Waals surface area contributed by atoms with Gasteiger partial charge in [0.25, 0.3) is 0 Å². The van der Waals surface area contributed by atoms with Crippen molar-refractivity contribution >= 4 is 0 Å². The molecule has 1 saturated heterocycles. The van der Waals surface area contributed by atoms with E-state index in [-0.39, 0.29) is 12.0 Å². The lowest BCUT2D eigenvalue weighted by Crippen LogP contribution is -2.41. The standard InChI is InChI=1S/C15H21N3O3/c1-2-15(11-19)5-7-18(8-6-15)10-13-16-14(17-21-13)12-4-3-9-20-12/h3-4,9,19H,2,5-8,10-11H2,1H3. The number of furan rings is 1. The van der Waals surface area contributed by atoms with Crippen LogP contribution < -0.4 is 0 Å². The number of likely N-dealkylation sites (tertiary alicyclic amines) is 1. The van der Waals surface area contributed by atoms with Crippen LogP contribution in [0.2, 0.25) is 0 Å². The van der Waals surface area contributed by atoms with E-state index in [2.05, 4.69) is 22.0 Å². The number of aliphatic hydroxyl groups excluding tert-OH is 1. The highest BCUT2D eigenvalue weighted by Crippen LogP contribution is 2.34. The van der Waals surface area contributed by atoms with Crippen molar-refractivity contribution in [2.75, 3.05) is 19.7 Å². The SMILES string of the molecule is CCC1(CO)CCN(Cc2nc(-c3ccco3)no2)CC1. The molecule has 6 heteroatoms. The second-order valence-electron chi connectivity index (χ2n) is 5.78. The Morgan fingerprint density at radius 2 is 2.19 bits per heavy atom. The molecule has 0 radical (unpaired) electrons. The fourth-order valence-corrected chi connectivity index (χ4v) is 2.83. The molecule has 0 amide bonds. The summed E-state index contributed by atoms with van der Waals surface area (Å²) in [6.07, 6.45) is 4.65. The number of rotatable bonds is 5. The Hall–Kier alpha value is -1.66. The van der Waals surface area contributed by atoms with Crippen LogP contribution in [0.3, 0.4) is 0 Å². The molecule has 21 heavy (non-hydrogen) atoms. The van der Waals surface area contributed by atoms with Gasteiger partial charge in [-0.25, -0.2) is 0 Å². The lowest BCUT2D eigenvalue weighted by molar-refractivity contribution is 0.0348. The average molecular weight is 291 g/mol. The number of hydrogen-bond acceptors (Lipinski definition) is 6. The van der Waals surface area contributed by atoms with Gasteiger partial charge in [0.15, 0.2) is 5.76 Å². The summed E-state index contributed by atoms with van der Waals surface area (Å²) >= 11 is 0. The number of piperidine rings is 1. The van der Waals surface area contributed by atoms with Crippen LogP contribution in [0.1, 0.15) is 32.1 Å². The summed E-state index contributed by atoms with van der Waals surface area (Å²) in [5, 5.41) is 13.5. The third-order valence-corrected chi connectivity index (χ3v) is 4.57. The highest BCUT2D eigenvalue weighted by molar-refractivity contribution is 5.44. The molecule has 0 aromatic carbocycles. The largest absolute Gasteiger partial charge is 0.461 e. The molecule has 114 valence electrons. The second-order valence-corrected chi connectivity index (χ2v) is 5.78. The predicted molar refractivity (Wildman–Crippen MR) is 76.3 cm³/mol. The molecule has 2 aromatic heterocycles. The first-order valence-electron chi connectivity index (χ1n) is 7.44. The molecule has 2 aromatic rings. The summed E-state index contributed by atoms with van der Waals surface area (Å²) in [5.41, 5.74) is 0.102. The molecule has 3 heterocycles. The summed E-state index contributed by atoms with van der Waals surface area (Å²) in [6.45, 7) is 4.98. The van der Waals surface area contributed by atoms with Crippen LogP contribution in [0.5, 0.6) is 0 Å². The van der Waals surface area contributed by atoms with Gasteiger partial charge in [0.1, 0.15) is 0 Å². The minimum atomic E-state index is 0.102. The Morgan fingerprint density at radius 1 is 1.38 bits per heavy atom. The molecule has 1 aliphatic heterocycles. The zero-order valence-electron chi connectivity index (χ0n) is 12.3. The first kappa shape index (κ1) is 14.3. The molecule has 6 nitrogen and oxygen atoms in total. The van der Waals surface area contributed by atoms with Crippen molar-refractivity contribution in [2.45, 2.75) is 32.7 Å². The predicted octanol–water partition coefficient (Wildman–Crippen LogP) is 2.31. The third-order valence-electron chi connectivity index (χ3n) is 4.57. The minimum Gasteiger partial charge on any atom is -0.461 e. The van der Waals surface area contributed by atoms with E-state index in [0.29, 0.717) is 24.0 Å². The first-order chi connectivity index (χ1) is 10.2. The topological polar surface area (TPSA) is 75.5 Å². The van der Waals surface area contributed by atoms with Crippen molar-refractivity contribution in [2.24, 2.45) is 5.41 Å². The fourth-order valence-electron chi connectivity index (χ4n) is 2.83. The third kappa shape index (κ3) is 3.01. The van der Waals surface area contributed by atoms with Gasteiger partial charge in [0, 0.05) is 6.61 Å². The second kappa shape index (κ2) is 5.99. The molecular weight excluding hydrogens is 270 g/mol. The molecule has 1 aliphatic rings. The molecule has 1 N–H and O–H groups in total. The molecule has 0 saturated carbocycles. The summed E-state index contributed by atoms with van der Waals surface area (Å²) in [6, 6.07) is 3.61. The number of nitrogens with zero attached hydrogens (tertiary/aromatic N) is 3. The van der Waals surface area contributed by atoms with Crippen LogP contribution in [0.25, 0.3) is 11.6 Å². The van der Waals surface area contributed by atoms with E-state index >= 15 is 0 Å². The van der Waals surface area contributed by atoms with Crippen LogP contribution in [-0.2, 0) is 6.54 Å². The fraction of sp³-hybridized carbons (Fsp3) is 0.600. The normalized spacial score (nSPS) is 19.0. The average Bonchev–Trinajstić information content (AvgIpc) is 3.19. The van der Waals surface area contributed by atoms with E-state index in [1.165, 1.54) is 0 Å². The van der Waals surface area contributed by atoms with Gasteiger partial charge in [-0.15, -0.1) is 0 Å². The van der Waals surface area contributed by atoms with Gasteiger partial charge >= 0.3 is 0 Å². The summed E-state index contributed by atoms with van der Waals surface area (Å²) in [5.74, 6) is 1.72. The Morgan fingerprint density at radius 3 is 2.81 bits per heavy atom. The van der Waals surface area contributed by atoms with Gasteiger partial charge in [-0.2, -0.15) is 4.98 Å². The summed E-state index contributed by atoms with van der Waals surface area (Å²) in [7, 11) is 0. The van der Waals surface area contributed by atoms with Gasteiger partial charge < -0.3 is 14.0 Å². The summed E-state index contributed by atoms with van der Waals surface area (Å²) < 4.78 is 10.5. The van der Waals surface area contributed by atoms with Gasteiger partial charge in [-0.05, 0) is 49.9 Å². The van der Waals surface area contributed by atoms with Crippen molar-refractivity contribution in [1.82, 2.24) is 15.0 Å². The van der Waals surface area contributed by atoms with E-state index in [4.69, 9.17) is 8.94 Å². The van der Waals surface area contributed by atoms with Crippen molar-refractivity contribution in [3.63, 3.8) is 0 Å². The van der Waals surface area contributed by atoms with Crippen molar-refractivity contribution in [3.8, 4) is 11.6 Å². The van der Waals surface area contributed by atoms with Crippen LogP contribution >= 0.6 is 0 Å². The number of aliphatic hydroxyl groups is 1. The quantitative estimate of drug-likeness (QED) is 0.911. The van der Waals surface area contributed by atoms with Gasteiger partial charge in [0.05, 0.1) is 12.8 Å². The van der Waals surface area contributed by atoms with Crippen molar-refractivity contribution < 1.29 is 14.0 Å². The molecule has 3 rings (SSSR count). The maximum atomic E-state index is 9.56. The minimum absolute atomic E-state index is 0.102. The van der Waals surface area contributed by atoms with E-state index in [9.17, 15) is 5.11 Å². The van der Waals surface area contributed by atoms with Crippen LogP contribution in [0.4, 0.5) is 0 Å². The first-order valence-corrected chi connectivity index (χ1v) is 7.44. The zero-order valence-corrected chi connectivity index (χ0v) is 12.3. The highest BCUT2D eigenvalue weighted by Gasteiger charge is 2.32. The highest BCUT2D eigenvalue weighted by atomic mass is 16.5. The molecule has 1 fully saturated rings. The summed E-state index contributed by atoms with van der Waals surface area (Å²) in [4.78, 5) is 6.66. The smallest absolute Gasteiger partial charge is 0.241 e. The Labute approximate surface area is 123 Å². The van der Waals surface area contributed by atoms with Crippen molar-refractivity contribution in [3.05, 3.63) is 24.3 Å². The van der Waals surface area contributed by atoms with E-state index in [1.54, 1.807) is 12.3 Å². The molecule has 0 bridgehead atoms. The number of hydrogen-bond donors (Lipinski definition) is 1. The number of aromatic nitrogens is 2. The zero-order chi connectivity index (χ0) is 14.7. The maximum absolute atomic E-state index is 9.56. The van der Waals surface area contributed by atoms with Gasteiger partial charge in [-0.1, -0.05) is 12.1 Å².